The molecular weight excluding hydrogens is 2450 g/mol. The molecule has 14 atom stereocenters. The summed E-state index contributed by atoms with van der Waals surface area (Å²) in [4.78, 5) is 44.1. The van der Waals surface area contributed by atoms with Gasteiger partial charge >= 0.3 is 11.9 Å². The van der Waals surface area contributed by atoms with Gasteiger partial charge < -0.3 is 104 Å². The van der Waals surface area contributed by atoms with Crippen LogP contribution in [0.5, 0.6) is 0 Å². The molecule has 8 rings (SSSR count). The second kappa shape index (κ2) is 84.8. The number of hydrogen-bond acceptors (Lipinski definition) is 20. The Morgan fingerprint density at radius 1 is 0.392 bits per heavy atom. The van der Waals surface area contributed by atoms with Crippen LogP contribution in [0.15, 0.2) is 12.7 Å². The topological polar surface area (TPSA) is 388 Å². The summed E-state index contributed by atoms with van der Waals surface area (Å²) in [6, 6.07) is 1.72. The van der Waals surface area contributed by atoms with Gasteiger partial charge in [-0.1, -0.05) is 334 Å². The van der Waals surface area contributed by atoms with Crippen LogP contribution in [-0.4, -0.2) is 209 Å². The number of carbonyl (C=O) groups is 4. The first-order valence-corrected chi connectivity index (χ1v) is 48.2. The first kappa shape index (κ1) is 139. The monoisotopic (exact) mass is 2640 g/mol. The molecule has 750 valence electrons. The summed E-state index contributed by atoms with van der Waals surface area (Å²) in [5, 5.41) is 119. The fourth-order valence-electron chi connectivity index (χ4n) is 19.4. The number of carbonyl (C=O) groups excluding carboxylic acids is 2. The number of hydrogen-bond donors (Lipinski definition) is 17. The Morgan fingerprint density at radius 3 is 0.928 bits per heavy atom. The summed E-state index contributed by atoms with van der Waals surface area (Å²) in [6.45, 7) is 35.1. The molecule has 0 spiro atoms. The molecule has 1 saturated heterocycles. The van der Waals surface area contributed by atoms with E-state index in [1.54, 1.807) is 6.08 Å². The molecule has 1 heterocycles. The minimum absolute atomic E-state index is 0. The van der Waals surface area contributed by atoms with Crippen LogP contribution in [0.25, 0.3) is 5.73 Å². The van der Waals surface area contributed by atoms with Gasteiger partial charge in [0.1, 0.15) is 0 Å². The van der Waals surface area contributed by atoms with Gasteiger partial charge in [0.05, 0.1) is 30.3 Å². The Balaban J connectivity index is -0.000000445. The Bertz CT molecular complexity index is 2530. The van der Waals surface area contributed by atoms with Crippen LogP contribution in [0.3, 0.4) is 0 Å². The second-order valence-corrected chi connectivity index (χ2v) is 39.1. The van der Waals surface area contributed by atoms with Gasteiger partial charge in [-0.15, -0.1) is 13.0 Å². The Morgan fingerprint density at radius 2 is 0.656 bits per heavy atom. The largest absolute Gasteiger partial charge is 0.668 e. The molecule has 23 nitrogen and oxygen atoms in total. The van der Waals surface area contributed by atoms with Crippen molar-refractivity contribution in [3.05, 3.63) is 38.0 Å². The Kier molecular flexibility index (Phi) is 94.0. The summed E-state index contributed by atoms with van der Waals surface area (Å²) in [6.07, 6.45) is 51.6. The number of aliphatic hydroxyl groups is 8. The molecule has 14 unspecified atom stereocenters. The van der Waals surface area contributed by atoms with E-state index >= 15 is 0 Å². The predicted octanol–water partition coefficient (Wildman–Crippen LogP) is 16.4. The van der Waals surface area contributed by atoms with E-state index in [0.717, 1.165) is 82.3 Å². The Hall–Kier alpha value is 5.13. The molecule has 0 aromatic heterocycles. The molecule has 0 radical (unpaired) electrons. The van der Waals surface area contributed by atoms with Gasteiger partial charge in [0.2, 0.25) is 0 Å². The number of Topliss-reactive ketones (excluding diaryl/α,β-unsaturated/α-hetero) is 1. The molecule has 0 bridgehead atoms. The van der Waals surface area contributed by atoms with Crippen molar-refractivity contribution in [2.45, 2.75) is 507 Å². The van der Waals surface area contributed by atoms with Crippen LogP contribution in [-0.2, 0) is 23.9 Å². The van der Waals surface area contributed by atoms with Gasteiger partial charge in [-0.3, -0.25) is 11.2 Å². The zero-order valence-corrected chi connectivity index (χ0v) is 93.2. The molecule has 1 amide bonds. The number of amides is 1. The van der Waals surface area contributed by atoms with Crippen molar-refractivity contribution < 1.29 is 315 Å². The smallest absolute Gasteiger partial charge is 0.373 e. The van der Waals surface area contributed by atoms with Crippen molar-refractivity contribution in [1.29, 1.82) is 0 Å². The number of carboxylic acids is 2. The minimum Gasteiger partial charge on any atom is -0.668 e. The van der Waals surface area contributed by atoms with Crippen LogP contribution >= 0.6 is 0 Å². The molecule has 8 aliphatic rings. The maximum Gasteiger partial charge on any atom is 0.373 e. The number of aliphatic hydroxyl groups excluding tert-OH is 8. The van der Waals surface area contributed by atoms with Crippen molar-refractivity contribution in [2.75, 3.05) is 6.61 Å². The van der Waals surface area contributed by atoms with E-state index in [2.05, 4.69) is 106 Å². The molecule has 0 aromatic rings. The van der Waals surface area contributed by atoms with Crippen LogP contribution < -0.4 is 37.2 Å². The number of aliphatic carboxylic acids is 2. The zero-order chi connectivity index (χ0) is 88.8. The SMILES string of the molecule is C=CC(O)C(CC1CCCCC1)NC(C)C.CC(C)NC(CC1CCCCC1)C(=O)C(=O)O.CC(C)NC(CC1CCCCC1)C(O)C(=O)O.CC(C)NC(CC1CCCCC1)C(O)C1[CH-]CO1.CC(C)NC(CC1CCCCC1)C(O)CC([NH-])=O.CC(C)NC(CC1CCCCC1)C(O)C[CH-]O.CC(C)NC(CC1CCCCC1)C(O)[CH-]O.[Gd].[Gd].[Gd].[Gd].[Gd].[Gd]. The first-order chi connectivity index (χ1) is 56.5. The van der Waals surface area contributed by atoms with Gasteiger partial charge in [0.25, 0.3) is 5.78 Å². The van der Waals surface area contributed by atoms with Crippen molar-refractivity contribution >= 4 is 23.6 Å². The van der Waals surface area contributed by atoms with Crippen LogP contribution in [0.2, 0.25) is 0 Å². The minimum atomic E-state index is -1.32. The van der Waals surface area contributed by atoms with Crippen molar-refractivity contribution in [2.24, 2.45) is 41.4 Å². The number of carboxylic acid groups (broad SMARTS) is 2. The summed E-state index contributed by atoms with van der Waals surface area (Å²) < 4.78 is 5.40. The van der Waals surface area contributed by atoms with Crippen LogP contribution in [0, 0.1) is 301 Å². The third-order valence-corrected chi connectivity index (χ3v) is 25.4. The average Bonchev–Trinajstić information content (AvgIpc) is 0.838. The fourth-order valence-corrected chi connectivity index (χ4v) is 19.4. The van der Waals surface area contributed by atoms with Gasteiger partial charge in [0.15, 0.2) is 6.10 Å². The van der Waals surface area contributed by atoms with Crippen LogP contribution in [0.1, 0.15) is 379 Å². The molecule has 7 aliphatic carbocycles. The number of rotatable bonds is 44. The summed E-state index contributed by atoms with van der Waals surface area (Å²) >= 11 is 0. The fraction of sp³-hybridized carbons (Fsp3) is 0.906. The Labute approximate surface area is 954 Å². The van der Waals surface area contributed by atoms with Gasteiger partial charge in [0, 0.05) is 331 Å². The quantitative estimate of drug-likeness (QED) is 0.0153. The summed E-state index contributed by atoms with van der Waals surface area (Å²) in [5.74, 6) is 0.934. The maximum atomic E-state index is 11.6. The first-order valence-electron chi connectivity index (χ1n) is 48.2. The van der Waals surface area contributed by atoms with Gasteiger partial charge in [-0.2, -0.15) is 6.61 Å². The normalized spacial score (nSPS) is 21.3. The van der Waals surface area contributed by atoms with Gasteiger partial charge in [-0.05, 0) is 98.6 Å². The van der Waals surface area contributed by atoms with Crippen LogP contribution in [0.4, 0.5) is 0 Å². The molecule has 125 heavy (non-hydrogen) atoms. The standard InChI is InChI=1S/C15H28NO2.C14H28N2O2.C14H28NO2.C14H27NO.C13H25NO3.C13H23NO3.C13H26NO2.6Gd/c1-11(2)16-13(15(17)14-8-9-18-14)10-12-6-4-3-5-7-12;1-10(2)16-12(13(17)9-14(15)18)8-11-6-4-3-5-7-11;1-11(2)15-13(14(17)8-9-16)10-12-6-4-3-5-7-12;1-4-14(16)13(15-11(2)3)10-12-8-6-5-7-9-12;2*1-9(2)14-11(12(15)13(16)17)8-10-6-4-3-5-7-10;1-10(2)14-12(13(16)9-15)8-11-6-4-3-5-7-11;;;;;;/h8,11-17H,3-7,9-10H2,1-2H3;10-13,16-17H,3-9H2,1-2H3,(H2,15,18);9,11-17H,3-8,10H2,1-2H3;4,11-16H,1,5-10H2,2-3H3;9-12,14-15H,3-8H2,1-2H3,(H,16,17);9-11,14H,3-8H2,1-2H3,(H,16,17);9-16H,3-8H2,1-2H3;;;;;;/q-1;;-1;;;;-1;;;;;;/p-1. The third-order valence-electron chi connectivity index (χ3n) is 25.4. The van der Waals surface area contributed by atoms with Crippen molar-refractivity contribution in [3.8, 4) is 0 Å². The van der Waals surface area contributed by atoms with E-state index < -0.39 is 60.2 Å². The molecule has 7 saturated carbocycles. The van der Waals surface area contributed by atoms with E-state index in [0.29, 0.717) is 67.3 Å². The molecule has 0 aromatic carbocycles. The summed E-state index contributed by atoms with van der Waals surface area (Å²) in [5.41, 5.74) is 6.98. The molecule has 18 N–H and O–H groups in total. The van der Waals surface area contributed by atoms with Crippen molar-refractivity contribution in [1.82, 2.24) is 37.2 Å². The number of ketones is 1. The maximum absolute atomic E-state index is 11.6. The van der Waals surface area contributed by atoms with E-state index in [4.69, 9.17) is 30.9 Å². The molecule has 8 fully saturated rings. The number of nitrogens with one attached hydrogen (secondary N) is 8. The predicted molar refractivity (Wildman–Crippen MR) is 484 cm³/mol. The average molecular weight is 2630 g/mol. The van der Waals surface area contributed by atoms with E-state index in [-0.39, 0.29) is 313 Å². The third kappa shape index (κ3) is 68.8. The second-order valence-electron chi connectivity index (χ2n) is 39.1. The van der Waals surface area contributed by atoms with Crippen molar-refractivity contribution in [3.63, 3.8) is 0 Å². The van der Waals surface area contributed by atoms with E-state index in [1.807, 2.05) is 41.5 Å². The molecule has 29 heteroatoms. The van der Waals surface area contributed by atoms with Gasteiger partial charge in [-0.25, -0.2) is 16.2 Å². The molecule has 1 aliphatic heterocycles. The molecular formula is C96H184Gd6N8O15-4. The summed E-state index contributed by atoms with van der Waals surface area (Å²) in [7, 11) is 0. The zero-order valence-electron chi connectivity index (χ0n) is 79.6. The van der Waals surface area contributed by atoms with E-state index in [1.165, 1.54) is 212 Å². The van der Waals surface area contributed by atoms with E-state index in [9.17, 15) is 49.8 Å². The number of ether oxygens (including phenoxy) is 1.